The average Bonchev–Trinajstić information content (AvgIpc) is 2.86. The van der Waals surface area contributed by atoms with E-state index in [1.807, 2.05) is 0 Å². The van der Waals surface area contributed by atoms with Gasteiger partial charge >= 0.3 is 11.9 Å². The topological polar surface area (TPSA) is 80.7 Å². The highest BCUT2D eigenvalue weighted by molar-refractivity contribution is 6.03. The van der Waals surface area contributed by atoms with Crippen molar-refractivity contribution < 1.29 is 24.2 Å². The number of unbranched alkanes of at least 4 members (excludes halogenated alkanes) is 10. The molecule has 1 aliphatic heterocycles. The summed E-state index contributed by atoms with van der Waals surface area (Å²) in [7, 11) is 0. The quantitative estimate of drug-likeness (QED) is 0.327. The minimum Gasteiger partial charge on any atom is -0.478 e. The zero-order valence-corrected chi connectivity index (χ0v) is 16.3. The second-order valence-electron chi connectivity index (χ2n) is 7.37. The summed E-state index contributed by atoms with van der Waals surface area (Å²) in [4.78, 5) is 33.5. The number of rotatable bonds is 15. The van der Waals surface area contributed by atoms with E-state index in [9.17, 15) is 19.5 Å². The molecule has 0 aromatic rings. The lowest BCUT2D eigenvalue weighted by Crippen LogP contribution is -2.17. The average molecular weight is 366 g/mol. The van der Waals surface area contributed by atoms with Crippen molar-refractivity contribution >= 4 is 17.7 Å². The van der Waals surface area contributed by atoms with Gasteiger partial charge in [0.15, 0.2) is 0 Å². The zero-order valence-electron chi connectivity index (χ0n) is 16.3. The van der Waals surface area contributed by atoms with Gasteiger partial charge in [-0.15, -0.1) is 0 Å². The van der Waals surface area contributed by atoms with Gasteiger partial charge in [-0.05, 0) is 33.1 Å². The predicted molar refractivity (Wildman–Crippen MR) is 101 cm³/mol. The predicted octanol–water partition coefficient (Wildman–Crippen LogP) is 4.97. The smallest absolute Gasteiger partial charge is 0.335 e. The summed E-state index contributed by atoms with van der Waals surface area (Å²) in [6.45, 7) is 3.18. The van der Waals surface area contributed by atoms with Crippen LogP contribution in [0.4, 0.5) is 0 Å². The molecule has 0 saturated heterocycles. The van der Waals surface area contributed by atoms with E-state index in [2.05, 4.69) is 0 Å². The van der Waals surface area contributed by atoms with E-state index in [-0.39, 0.29) is 11.1 Å². The molecule has 5 heteroatoms. The van der Waals surface area contributed by atoms with Crippen LogP contribution in [0, 0.1) is 0 Å². The van der Waals surface area contributed by atoms with Crippen molar-refractivity contribution in [3.05, 3.63) is 11.1 Å². The van der Waals surface area contributed by atoms with Gasteiger partial charge in [0.05, 0.1) is 5.57 Å². The summed E-state index contributed by atoms with van der Waals surface area (Å²) in [5, 5.41) is 9.18. The molecule has 0 radical (unpaired) electrons. The summed E-state index contributed by atoms with van der Waals surface area (Å²) in [6.07, 6.45) is 13.5. The summed E-state index contributed by atoms with van der Waals surface area (Å²) < 4.78 is 5.15. The van der Waals surface area contributed by atoms with E-state index in [0.29, 0.717) is 12.2 Å². The highest BCUT2D eigenvalue weighted by atomic mass is 16.5. The molecule has 0 bridgehead atoms. The largest absolute Gasteiger partial charge is 0.478 e. The molecule has 0 spiro atoms. The van der Waals surface area contributed by atoms with Gasteiger partial charge < -0.3 is 14.6 Å². The van der Waals surface area contributed by atoms with Crippen molar-refractivity contribution in [2.75, 3.05) is 0 Å². The van der Waals surface area contributed by atoms with Gasteiger partial charge in [-0.1, -0.05) is 57.8 Å². The molecule has 0 aromatic carbocycles. The Bertz CT molecular complexity index is 507. The number of cyclic esters (lactones) is 1. The van der Waals surface area contributed by atoms with Crippen LogP contribution in [0.2, 0.25) is 0 Å². The maximum absolute atomic E-state index is 11.5. The maximum atomic E-state index is 11.5. The lowest BCUT2D eigenvalue weighted by Gasteiger charge is -2.11. The fraction of sp³-hybridized carbons (Fsp3) is 0.762. The molecule has 0 amide bonds. The molecule has 1 rings (SSSR count). The first-order chi connectivity index (χ1) is 12.4. The number of ether oxygens (including phenoxy) is 1. The summed E-state index contributed by atoms with van der Waals surface area (Å²) in [6, 6.07) is 0. The molecular weight excluding hydrogens is 332 g/mol. The molecule has 0 aliphatic carbocycles. The first-order valence-corrected chi connectivity index (χ1v) is 10.1. The standard InChI is InChI=1S/C21H34O5/c1-16(22)14-12-10-8-6-4-3-5-7-9-11-13-15-18-19(20(23)24)17(2)21(25)26-18/h18H,3-15H2,1-2H3,(H,23,24). The Morgan fingerprint density at radius 1 is 0.885 bits per heavy atom. The Hall–Kier alpha value is -1.65. The first-order valence-electron chi connectivity index (χ1n) is 10.1. The molecule has 1 atom stereocenters. The lowest BCUT2D eigenvalue weighted by molar-refractivity contribution is -0.140. The van der Waals surface area contributed by atoms with Gasteiger partial charge in [0.2, 0.25) is 0 Å². The third-order valence-electron chi connectivity index (χ3n) is 5.01. The lowest BCUT2D eigenvalue weighted by atomic mass is 10.00. The zero-order chi connectivity index (χ0) is 19.4. The van der Waals surface area contributed by atoms with Crippen molar-refractivity contribution in [1.29, 1.82) is 0 Å². The molecule has 1 N–H and O–H groups in total. The molecule has 148 valence electrons. The van der Waals surface area contributed by atoms with E-state index >= 15 is 0 Å². The second kappa shape index (κ2) is 12.7. The van der Waals surface area contributed by atoms with Crippen molar-refractivity contribution in [2.45, 2.75) is 103 Å². The minimum absolute atomic E-state index is 0.137. The van der Waals surface area contributed by atoms with Gasteiger partial charge in [0.1, 0.15) is 11.9 Å². The number of esters is 1. The molecule has 5 nitrogen and oxygen atoms in total. The van der Waals surface area contributed by atoms with Gasteiger partial charge in [-0.25, -0.2) is 9.59 Å². The number of carboxylic acid groups (broad SMARTS) is 1. The van der Waals surface area contributed by atoms with Crippen molar-refractivity contribution in [2.24, 2.45) is 0 Å². The Kier molecular flexibility index (Phi) is 10.9. The highest BCUT2D eigenvalue weighted by Crippen LogP contribution is 2.26. The van der Waals surface area contributed by atoms with Crippen molar-refractivity contribution in [1.82, 2.24) is 0 Å². The Labute approximate surface area is 157 Å². The molecule has 1 heterocycles. The number of hydrogen-bond donors (Lipinski definition) is 1. The van der Waals surface area contributed by atoms with Crippen LogP contribution >= 0.6 is 0 Å². The fourth-order valence-electron chi connectivity index (χ4n) is 3.42. The molecule has 26 heavy (non-hydrogen) atoms. The minimum atomic E-state index is -1.04. The molecule has 1 unspecified atom stereocenters. The van der Waals surface area contributed by atoms with Gasteiger partial charge in [0, 0.05) is 12.0 Å². The number of Topliss-reactive ketones (excluding diaryl/α,β-unsaturated/α-hetero) is 1. The van der Waals surface area contributed by atoms with E-state index in [1.165, 1.54) is 45.4 Å². The van der Waals surface area contributed by atoms with Crippen LogP contribution in [0.5, 0.6) is 0 Å². The fourth-order valence-corrected chi connectivity index (χ4v) is 3.42. The summed E-state index contributed by atoms with van der Waals surface area (Å²) >= 11 is 0. The highest BCUT2D eigenvalue weighted by Gasteiger charge is 2.35. The van der Waals surface area contributed by atoms with E-state index in [1.54, 1.807) is 6.92 Å². The van der Waals surface area contributed by atoms with Crippen LogP contribution < -0.4 is 0 Å². The van der Waals surface area contributed by atoms with Crippen LogP contribution in [0.3, 0.4) is 0 Å². The maximum Gasteiger partial charge on any atom is 0.335 e. The Morgan fingerprint density at radius 2 is 1.35 bits per heavy atom. The van der Waals surface area contributed by atoms with Crippen molar-refractivity contribution in [3.63, 3.8) is 0 Å². The summed E-state index contributed by atoms with van der Waals surface area (Å²) in [5.74, 6) is -1.24. The van der Waals surface area contributed by atoms with Crippen LogP contribution in [0.25, 0.3) is 0 Å². The first kappa shape index (κ1) is 22.4. The number of hydrogen-bond acceptors (Lipinski definition) is 4. The molecule has 0 saturated carbocycles. The number of carbonyl (C=O) groups is 3. The van der Waals surface area contributed by atoms with E-state index in [0.717, 1.165) is 38.5 Å². The monoisotopic (exact) mass is 366 g/mol. The number of carboxylic acids is 1. The second-order valence-corrected chi connectivity index (χ2v) is 7.37. The third kappa shape index (κ3) is 8.63. The van der Waals surface area contributed by atoms with Crippen molar-refractivity contribution in [3.8, 4) is 0 Å². The number of carbonyl (C=O) groups excluding carboxylic acids is 2. The van der Waals surface area contributed by atoms with Crippen LogP contribution in [-0.4, -0.2) is 28.9 Å². The summed E-state index contributed by atoms with van der Waals surface area (Å²) in [5.41, 5.74) is 0.377. The van der Waals surface area contributed by atoms with Crippen LogP contribution in [0.1, 0.15) is 97.3 Å². The normalized spacial score (nSPS) is 16.8. The SMILES string of the molecule is CC(=O)CCCCCCCCCCCCCC1OC(=O)C(C)=C1C(=O)O. The Balaban J connectivity index is 1.95. The van der Waals surface area contributed by atoms with E-state index < -0.39 is 18.0 Å². The van der Waals surface area contributed by atoms with Crippen LogP contribution in [-0.2, 0) is 19.1 Å². The number of ketones is 1. The Morgan fingerprint density at radius 3 is 1.81 bits per heavy atom. The van der Waals surface area contributed by atoms with Gasteiger partial charge in [-0.2, -0.15) is 0 Å². The molecule has 0 fully saturated rings. The van der Waals surface area contributed by atoms with Gasteiger partial charge in [0.25, 0.3) is 0 Å². The number of aliphatic carboxylic acids is 1. The third-order valence-corrected chi connectivity index (χ3v) is 5.01. The molecule has 1 aliphatic rings. The van der Waals surface area contributed by atoms with E-state index in [4.69, 9.17) is 4.74 Å². The van der Waals surface area contributed by atoms with Gasteiger partial charge in [-0.3, -0.25) is 0 Å². The molecular formula is C21H34O5. The molecule has 0 aromatic heterocycles. The van der Waals surface area contributed by atoms with Crippen LogP contribution in [0.15, 0.2) is 11.1 Å².